The fourth-order valence-corrected chi connectivity index (χ4v) is 4.35. The smallest absolute Gasteiger partial charge is 0.247 e. The lowest BCUT2D eigenvalue weighted by Gasteiger charge is -2.25. The van der Waals surface area contributed by atoms with E-state index in [1.807, 2.05) is 42.5 Å². The molecule has 0 spiro atoms. The topological polar surface area (TPSA) is 86.9 Å². The molecule has 6 nitrogen and oxygen atoms in total. The molecule has 0 bridgehead atoms. The molecule has 3 N–H and O–H groups in total. The predicted octanol–water partition coefficient (Wildman–Crippen LogP) is 5.37. The summed E-state index contributed by atoms with van der Waals surface area (Å²) in [5.74, 6) is 2.08. The number of aromatic nitrogens is 2. The monoisotopic (exact) mass is 446 g/mol. The van der Waals surface area contributed by atoms with E-state index in [0.717, 1.165) is 65.3 Å². The Balaban J connectivity index is 1.47. The van der Waals surface area contributed by atoms with Crippen LogP contribution in [0.1, 0.15) is 58.7 Å². The van der Waals surface area contributed by atoms with Crippen molar-refractivity contribution in [2.75, 3.05) is 11.9 Å². The number of rotatable bonds is 6. The molecule has 4 rings (SSSR count). The van der Waals surface area contributed by atoms with Crippen LogP contribution in [-0.2, 0) is 9.59 Å². The van der Waals surface area contributed by atoms with E-state index in [2.05, 4.69) is 36.4 Å². The number of hydrogen-bond acceptors (Lipinski definition) is 3. The number of nitrogens with one attached hydrogen (secondary N) is 3. The molecule has 1 aromatic carbocycles. The van der Waals surface area contributed by atoms with Crippen molar-refractivity contribution in [1.29, 1.82) is 0 Å². The Morgan fingerprint density at radius 1 is 1.15 bits per heavy atom. The van der Waals surface area contributed by atoms with Gasteiger partial charge in [-0.05, 0) is 62.1 Å². The Morgan fingerprint density at radius 2 is 1.94 bits per heavy atom. The van der Waals surface area contributed by atoms with Crippen molar-refractivity contribution in [1.82, 2.24) is 15.3 Å². The zero-order valence-electron chi connectivity index (χ0n) is 19.8. The second kappa shape index (κ2) is 10.2. The minimum atomic E-state index is -0.0248. The molecule has 1 saturated carbocycles. The van der Waals surface area contributed by atoms with Crippen LogP contribution in [-0.4, -0.2) is 28.3 Å². The number of aromatic amines is 1. The van der Waals surface area contributed by atoms with Gasteiger partial charge in [-0.25, -0.2) is 4.98 Å². The summed E-state index contributed by atoms with van der Waals surface area (Å²) in [5.41, 5.74) is 4.15. The molecule has 1 fully saturated rings. The third-order valence-corrected chi connectivity index (χ3v) is 6.47. The van der Waals surface area contributed by atoms with Gasteiger partial charge in [-0.3, -0.25) is 9.59 Å². The molecule has 2 aliphatic carbocycles. The molecule has 6 heteroatoms. The minimum Gasteiger partial charge on any atom is -0.352 e. The summed E-state index contributed by atoms with van der Waals surface area (Å²) in [7, 11) is 0. The molecule has 0 aliphatic heterocycles. The quantitative estimate of drug-likeness (QED) is 0.557. The Morgan fingerprint density at radius 3 is 2.70 bits per heavy atom. The maximum absolute atomic E-state index is 12.7. The number of anilines is 1. The average molecular weight is 447 g/mol. The summed E-state index contributed by atoms with van der Waals surface area (Å²) in [5, 5.41) is 6.06. The summed E-state index contributed by atoms with van der Waals surface area (Å²) in [4.78, 5) is 33.1. The van der Waals surface area contributed by atoms with Gasteiger partial charge in [0.25, 0.3) is 0 Å². The van der Waals surface area contributed by atoms with Gasteiger partial charge in [-0.15, -0.1) is 0 Å². The molecule has 2 amide bonds. The van der Waals surface area contributed by atoms with Gasteiger partial charge < -0.3 is 15.6 Å². The fourth-order valence-electron chi connectivity index (χ4n) is 4.35. The zero-order valence-corrected chi connectivity index (χ0v) is 19.8. The molecule has 174 valence electrons. The average Bonchev–Trinajstić information content (AvgIpc) is 3.05. The molecule has 0 saturated heterocycles. The molecule has 0 radical (unpaired) electrons. The maximum Gasteiger partial charge on any atom is 0.247 e. The van der Waals surface area contributed by atoms with E-state index in [0.29, 0.717) is 18.9 Å². The fraction of sp³-hybridized carbons (Fsp3) is 0.444. The van der Waals surface area contributed by atoms with Crippen molar-refractivity contribution >= 4 is 34.1 Å². The van der Waals surface area contributed by atoms with E-state index >= 15 is 0 Å². The van der Waals surface area contributed by atoms with Crippen LogP contribution in [0.2, 0.25) is 0 Å². The number of H-pyrrole nitrogens is 1. The van der Waals surface area contributed by atoms with E-state index in [1.54, 1.807) is 0 Å². The van der Waals surface area contributed by atoms with Gasteiger partial charge in [0.1, 0.15) is 5.82 Å². The van der Waals surface area contributed by atoms with Crippen molar-refractivity contribution in [2.24, 2.45) is 17.8 Å². The van der Waals surface area contributed by atoms with Crippen molar-refractivity contribution in [3.63, 3.8) is 0 Å². The molecule has 2 aliphatic rings. The van der Waals surface area contributed by atoms with Crippen LogP contribution in [0.5, 0.6) is 0 Å². The Labute approximate surface area is 195 Å². The van der Waals surface area contributed by atoms with Crippen molar-refractivity contribution in [3.8, 4) is 0 Å². The van der Waals surface area contributed by atoms with Gasteiger partial charge in [0.2, 0.25) is 11.8 Å². The van der Waals surface area contributed by atoms with Gasteiger partial charge >= 0.3 is 0 Å². The molecular formula is C27H34N4O2. The van der Waals surface area contributed by atoms with Crippen LogP contribution in [0.4, 0.5) is 5.69 Å². The molecule has 0 atom stereocenters. The number of carbonyl (C=O) groups excluding carboxylic acids is 2. The first kappa shape index (κ1) is 23.0. The van der Waals surface area contributed by atoms with Crippen molar-refractivity contribution < 1.29 is 9.59 Å². The van der Waals surface area contributed by atoms with Crippen LogP contribution in [0.15, 0.2) is 48.1 Å². The van der Waals surface area contributed by atoms with Crippen molar-refractivity contribution in [2.45, 2.75) is 52.9 Å². The highest BCUT2D eigenvalue weighted by molar-refractivity contribution is 5.96. The van der Waals surface area contributed by atoms with E-state index in [4.69, 9.17) is 4.98 Å². The van der Waals surface area contributed by atoms with Crippen LogP contribution in [0.25, 0.3) is 16.6 Å². The summed E-state index contributed by atoms with van der Waals surface area (Å²) in [6, 6.07) is 5.77. The number of allylic oxidation sites excluding steroid dienone is 5. The largest absolute Gasteiger partial charge is 0.352 e. The third kappa shape index (κ3) is 5.81. The van der Waals surface area contributed by atoms with Gasteiger partial charge in [-0.2, -0.15) is 0 Å². The zero-order chi connectivity index (χ0) is 23.4. The number of benzene rings is 1. The highest BCUT2D eigenvalue weighted by Gasteiger charge is 2.24. The standard InChI is InChI=1S/C27H34N4O2/c1-17(2)16-28-26(32)20-6-4-5-19(11-12-20)25-30-23-14-13-22(15-24(23)31-25)29-27(33)21-9-7-18(3)8-10-21/h4-5,11-15,17-18,21H,6-10,16H2,1-3H3,(H,28,32)(H,29,33)(H,30,31). The first-order chi connectivity index (χ1) is 15.9. The maximum atomic E-state index is 12.7. The molecule has 2 aromatic rings. The highest BCUT2D eigenvalue weighted by atomic mass is 16.2. The predicted molar refractivity (Wildman–Crippen MR) is 134 cm³/mol. The van der Waals surface area contributed by atoms with Gasteiger partial charge in [0.05, 0.1) is 11.0 Å². The lowest BCUT2D eigenvalue weighted by Crippen LogP contribution is -2.28. The highest BCUT2D eigenvalue weighted by Crippen LogP contribution is 2.30. The third-order valence-electron chi connectivity index (χ3n) is 6.47. The second-order valence-electron chi connectivity index (χ2n) is 9.79. The van der Waals surface area contributed by atoms with Gasteiger partial charge in [0.15, 0.2) is 0 Å². The second-order valence-corrected chi connectivity index (χ2v) is 9.79. The van der Waals surface area contributed by atoms with Crippen LogP contribution in [0.3, 0.4) is 0 Å². The van der Waals surface area contributed by atoms with E-state index < -0.39 is 0 Å². The lowest BCUT2D eigenvalue weighted by atomic mass is 9.82. The van der Waals surface area contributed by atoms with Crippen LogP contribution in [0, 0.1) is 17.8 Å². The molecule has 33 heavy (non-hydrogen) atoms. The number of carbonyl (C=O) groups is 2. The minimum absolute atomic E-state index is 0.0248. The number of nitrogens with zero attached hydrogens (tertiary/aromatic N) is 1. The SMILES string of the molecule is CC(C)CNC(=O)C1=CC=C(c2nc3ccc(NC(=O)C4CCC(C)CC4)cc3[nH]2)C=CC1. The molecule has 0 unspecified atom stereocenters. The Bertz CT molecular complexity index is 1110. The van der Waals surface area contributed by atoms with Crippen molar-refractivity contribution in [3.05, 3.63) is 53.9 Å². The summed E-state index contributed by atoms with van der Waals surface area (Å²) >= 11 is 0. The number of fused-ring (bicyclic) bond motifs is 1. The number of amides is 2. The van der Waals surface area contributed by atoms with Gasteiger partial charge in [0, 0.05) is 29.3 Å². The molecular weight excluding hydrogens is 412 g/mol. The van der Waals surface area contributed by atoms with E-state index in [-0.39, 0.29) is 17.7 Å². The lowest BCUT2D eigenvalue weighted by molar-refractivity contribution is -0.121. The van der Waals surface area contributed by atoms with E-state index in [1.165, 1.54) is 0 Å². The van der Waals surface area contributed by atoms with Gasteiger partial charge in [-0.1, -0.05) is 45.1 Å². The Kier molecular flexibility index (Phi) is 7.11. The number of imidazole rings is 1. The normalized spacial score (nSPS) is 20.8. The molecule has 1 heterocycles. The Hall–Kier alpha value is -3.15. The summed E-state index contributed by atoms with van der Waals surface area (Å²) in [6.07, 6.45) is 12.5. The summed E-state index contributed by atoms with van der Waals surface area (Å²) < 4.78 is 0. The first-order valence-corrected chi connectivity index (χ1v) is 12.1. The van der Waals surface area contributed by atoms with E-state index in [9.17, 15) is 9.59 Å². The van der Waals surface area contributed by atoms with Crippen LogP contribution < -0.4 is 10.6 Å². The molecule has 1 aromatic heterocycles. The number of hydrogen-bond donors (Lipinski definition) is 3. The van der Waals surface area contributed by atoms with Crippen LogP contribution >= 0.6 is 0 Å². The summed E-state index contributed by atoms with van der Waals surface area (Å²) in [6.45, 7) is 7.08. The first-order valence-electron chi connectivity index (χ1n) is 12.1.